The molecule has 2 nitrogen and oxygen atoms in total. The van der Waals surface area contributed by atoms with E-state index < -0.39 is 0 Å². The third-order valence-electron chi connectivity index (χ3n) is 4.72. The summed E-state index contributed by atoms with van der Waals surface area (Å²) in [6.45, 7) is 13.1. The summed E-state index contributed by atoms with van der Waals surface area (Å²) in [6, 6.07) is 11.5. The predicted molar refractivity (Wildman–Crippen MR) is 101 cm³/mol. The first-order valence-corrected chi connectivity index (χ1v) is 8.88. The van der Waals surface area contributed by atoms with Crippen LogP contribution >= 0.6 is 0 Å². The lowest BCUT2D eigenvalue weighted by Gasteiger charge is -2.29. The zero-order valence-corrected chi connectivity index (χ0v) is 15.7. The third kappa shape index (κ3) is 3.75. The first-order chi connectivity index (χ1) is 11.2. The van der Waals surface area contributed by atoms with Crippen LogP contribution in [0.5, 0.6) is 11.5 Å². The number of benzene rings is 2. The fourth-order valence-electron chi connectivity index (χ4n) is 3.58. The van der Waals surface area contributed by atoms with Crippen LogP contribution in [0.3, 0.4) is 0 Å². The average Bonchev–Trinajstić information content (AvgIpc) is 2.49. The highest BCUT2D eigenvalue weighted by Crippen LogP contribution is 2.41. The van der Waals surface area contributed by atoms with Crippen LogP contribution in [0, 0.1) is 5.92 Å². The Balaban J connectivity index is 2.69. The van der Waals surface area contributed by atoms with Gasteiger partial charge in [0, 0.05) is 5.92 Å². The van der Waals surface area contributed by atoms with Gasteiger partial charge in [0.1, 0.15) is 11.5 Å². The standard InChI is InChI=1S/C22H30O2/c1-13(2)20-11-16(23)7-9-18(20)22(15(5)6)19-10-8-17(24)12-21(19)14(3)4/h7-15,22-24H,1-6H3. The van der Waals surface area contributed by atoms with Crippen molar-refractivity contribution in [2.45, 2.75) is 59.3 Å². The lowest BCUT2D eigenvalue weighted by Crippen LogP contribution is -2.14. The van der Waals surface area contributed by atoms with Crippen molar-refractivity contribution in [3.8, 4) is 11.5 Å². The van der Waals surface area contributed by atoms with Gasteiger partial charge >= 0.3 is 0 Å². The normalized spacial score (nSPS) is 11.9. The van der Waals surface area contributed by atoms with Crippen LogP contribution < -0.4 is 0 Å². The molecule has 0 spiro atoms. The van der Waals surface area contributed by atoms with Crippen molar-refractivity contribution in [3.05, 3.63) is 58.7 Å². The highest BCUT2D eigenvalue weighted by Gasteiger charge is 2.25. The van der Waals surface area contributed by atoms with Gasteiger partial charge in [-0.25, -0.2) is 0 Å². The van der Waals surface area contributed by atoms with E-state index in [0.29, 0.717) is 29.3 Å². The smallest absolute Gasteiger partial charge is 0.115 e. The Morgan fingerprint density at radius 3 is 1.25 bits per heavy atom. The molecule has 2 aromatic rings. The van der Waals surface area contributed by atoms with Gasteiger partial charge in [-0.1, -0.05) is 53.7 Å². The molecule has 0 radical (unpaired) electrons. The number of aromatic hydroxyl groups is 2. The van der Waals surface area contributed by atoms with E-state index in [9.17, 15) is 10.2 Å². The van der Waals surface area contributed by atoms with Crippen LogP contribution in [0.4, 0.5) is 0 Å². The molecule has 130 valence electrons. The number of hydrogen-bond donors (Lipinski definition) is 2. The summed E-state index contributed by atoms with van der Waals surface area (Å²) in [5.74, 6) is 1.97. The fraction of sp³-hybridized carbons (Fsp3) is 0.455. The second kappa shape index (κ2) is 7.29. The fourth-order valence-corrected chi connectivity index (χ4v) is 3.58. The Kier molecular flexibility index (Phi) is 5.58. The maximum atomic E-state index is 9.92. The average molecular weight is 326 g/mol. The van der Waals surface area contributed by atoms with Crippen LogP contribution in [0.25, 0.3) is 0 Å². The minimum atomic E-state index is 0.237. The van der Waals surface area contributed by atoms with Crippen LogP contribution in [0.15, 0.2) is 36.4 Å². The molecule has 0 fully saturated rings. The first kappa shape index (κ1) is 18.4. The van der Waals surface area contributed by atoms with E-state index in [4.69, 9.17) is 0 Å². The molecule has 2 N–H and O–H groups in total. The number of phenols is 2. The Morgan fingerprint density at radius 1 is 0.583 bits per heavy atom. The molecular weight excluding hydrogens is 296 g/mol. The lowest BCUT2D eigenvalue weighted by atomic mass is 9.75. The zero-order valence-electron chi connectivity index (χ0n) is 15.7. The van der Waals surface area contributed by atoms with E-state index in [2.05, 4.69) is 53.7 Å². The zero-order chi connectivity index (χ0) is 18.0. The molecule has 0 saturated heterocycles. The van der Waals surface area contributed by atoms with E-state index in [1.54, 1.807) is 12.1 Å². The molecule has 0 amide bonds. The van der Waals surface area contributed by atoms with Gasteiger partial charge in [0.2, 0.25) is 0 Å². The van der Waals surface area contributed by atoms with Gasteiger partial charge in [-0.2, -0.15) is 0 Å². The van der Waals surface area contributed by atoms with E-state index in [1.807, 2.05) is 12.1 Å². The van der Waals surface area contributed by atoms with E-state index >= 15 is 0 Å². The van der Waals surface area contributed by atoms with Crippen molar-refractivity contribution in [2.75, 3.05) is 0 Å². The van der Waals surface area contributed by atoms with E-state index in [-0.39, 0.29) is 5.92 Å². The summed E-state index contributed by atoms with van der Waals surface area (Å²) in [5.41, 5.74) is 4.92. The Morgan fingerprint density at radius 2 is 0.958 bits per heavy atom. The van der Waals surface area contributed by atoms with Gasteiger partial charge < -0.3 is 10.2 Å². The van der Waals surface area contributed by atoms with Gasteiger partial charge in [-0.05, 0) is 64.3 Å². The minimum Gasteiger partial charge on any atom is -0.508 e. The summed E-state index contributed by atoms with van der Waals surface area (Å²) < 4.78 is 0. The topological polar surface area (TPSA) is 40.5 Å². The Labute approximate surface area is 146 Å². The molecule has 0 unspecified atom stereocenters. The van der Waals surface area contributed by atoms with Gasteiger partial charge in [-0.3, -0.25) is 0 Å². The van der Waals surface area contributed by atoms with Crippen molar-refractivity contribution in [1.29, 1.82) is 0 Å². The predicted octanol–water partition coefficient (Wildman–Crippen LogP) is 6.13. The second-order valence-corrected chi connectivity index (χ2v) is 7.66. The number of hydrogen-bond acceptors (Lipinski definition) is 2. The second-order valence-electron chi connectivity index (χ2n) is 7.66. The molecule has 24 heavy (non-hydrogen) atoms. The molecule has 0 aliphatic heterocycles. The summed E-state index contributed by atoms with van der Waals surface area (Å²) in [4.78, 5) is 0. The summed E-state index contributed by atoms with van der Waals surface area (Å²) in [7, 11) is 0. The molecule has 0 aliphatic carbocycles. The molecule has 0 aliphatic rings. The Bertz CT molecular complexity index is 642. The molecule has 0 atom stereocenters. The maximum absolute atomic E-state index is 9.92. The molecule has 2 heteroatoms. The largest absolute Gasteiger partial charge is 0.508 e. The molecule has 2 aromatic carbocycles. The molecule has 2 rings (SSSR count). The summed E-state index contributed by atoms with van der Waals surface area (Å²) in [6.07, 6.45) is 0. The minimum absolute atomic E-state index is 0.237. The van der Waals surface area contributed by atoms with E-state index in [1.165, 1.54) is 22.3 Å². The van der Waals surface area contributed by atoms with Gasteiger partial charge in [0.15, 0.2) is 0 Å². The molecule has 0 bridgehead atoms. The van der Waals surface area contributed by atoms with Crippen LogP contribution in [-0.4, -0.2) is 10.2 Å². The number of rotatable bonds is 5. The monoisotopic (exact) mass is 326 g/mol. The molecule has 0 aromatic heterocycles. The van der Waals surface area contributed by atoms with Crippen molar-refractivity contribution < 1.29 is 10.2 Å². The quantitative estimate of drug-likeness (QED) is 0.693. The van der Waals surface area contributed by atoms with Gasteiger partial charge in [-0.15, -0.1) is 0 Å². The maximum Gasteiger partial charge on any atom is 0.115 e. The van der Waals surface area contributed by atoms with Crippen LogP contribution in [0.1, 0.15) is 81.5 Å². The van der Waals surface area contributed by atoms with Crippen LogP contribution in [-0.2, 0) is 0 Å². The Hall–Kier alpha value is -1.96. The molecule has 0 heterocycles. The first-order valence-electron chi connectivity index (χ1n) is 8.88. The van der Waals surface area contributed by atoms with Crippen molar-refractivity contribution in [3.63, 3.8) is 0 Å². The molecule has 0 saturated carbocycles. The molecular formula is C22H30O2. The van der Waals surface area contributed by atoms with Crippen LogP contribution in [0.2, 0.25) is 0 Å². The SMILES string of the molecule is CC(C)c1cc(O)ccc1C(c1ccc(O)cc1C(C)C)C(C)C. The van der Waals surface area contributed by atoms with Crippen molar-refractivity contribution in [1.82, 2.24) is 0 Å². The summed E-state index contributed by atoms with van der Waals surface area (Å²) >= 11 is 0. The number of phenolic OH excluding ortho intramolecular Hbond substituents is 2. The highest BCUT2D eigenvalue weighted by atomic mass is 16.3. The van der Waals surface area contributed by atoms with Crippen molar-refractivity contribution >= 4 is 0 Å². The van der Waals surface area contributed by atoms with E-state index in [0.717, 1.165) is 0 Å². The van der Waals surface area contributed by atoms with Crippen molar-refractivity contribution in [2.24, 2.45) is 5.92 Å². The third-order valence-corrected chi connectivity index (χ3v) is 4.72. The highest BCUT2D eigenvalue weighted by molar-refractivity contribution is 5.48. The van der Waals surface area contributed by atoms with Gasteiger partial charge in [0.25, 0.3) is 0 Å². The lowest BCUT2D eigenvalue weighted by molar-refractivity contribution is 0.471. The van der Waals surface area contributed by atoms with Gasteiger partial charge in [0.05, 0.1) is 0 Å². The summed E-state index contributed by atoms with van der Waals surface area (Å²) in [5, 5.41) is 19.8.